The van der Waals surface area contributed by atoms with Crippen molar-refractivity contribution in [3.63, 3.8) is 0 Å². The van der Waals surface area contributed by atoms with Crippen LogP contribution >= 0.6 is 0 Å². The van der Waals surface area contributed by atoms with Gasteiger partial charge in [-0.15, -0.1) is 0 Å². The highest BCUT2D eigenvalue weighted by molar-refractivity contribution is 4.92. The van der Waals surface area contributed by atoms with Crippen LogP contribution in [-0.2, 0) is 0 Å². The summed E-state index contributed by atoms with van der Waals surface area (Å²) in [5, 5.41) is 3.61. The maximum absolute atomic E-state index is 3.61. The Labute approximate surface area is 120 Å². The van der Waals surface area contributed by atoms with Gasteiger partial charge in [-0.05, 0) is 62.9 Å². The highest BCUT2D eigenvalue weighted by Gasteiger charge is 2.40. The van der Waals surface area contributed by atoms with Gasteiger partial charge in [0, 0.05) is 19.1 Å². The molecule has 4 unspecified atom stereocenters. The molecule has 112 valence electrons. The Balaban J connectivity index is 1.79. The standard InChI is InChI=1S/C17H34N2/c1-5-8-18-11-17(13(2)3)19(4)12-16-10-14-6-7-15(16)9-14/h13-18H,5-12H2,1-4H3. The second kappa shape index (κ2) is 7.08. The summed E-state index contributed by atoms with van der Waals surface area (Å²) in [6.45, 7) is 10.6. The number of nitrogens with zero attached hydrogens (tertiary/aromatic N) is 1. The maximum atomic E-state index is 3.61. The van der Waals surface area contributed by atoms with Crippen LogP contribution in [0.3, 0.4) is 0 Å². The molecule has 2 aliphatic carbocycles. The van der Waals surface area contributed by atoms with Crippen LogP contribution in [0.25, 0.3) is 0 Å². The summed E-state index contributed by atoms with van der Waals surface area (Å²) in [4.78, 5) is 2.65. The summed E-state index contributed by atoms with van der Waals surface area (Å²) in [7, 11) is 2.35. The summed E-state index contributed by atoms with van der Waals surface area (Å²) in [6.07, 6.45) is 7.34. The van der Waals surface area contributed by atoms with E-state index in [2.05, 4.69) is 38.0 Å². The fraction of sp³-hybridized carbons (Fsp3) is 1.00. The van der Waals surface area contributed by atoms with E-state index in [0.29, 0.717) is 6.04 Å². The molecule has 2 rings (SSSR count). The van der Waals surface area contributed by atoms with E-state index in [0.717, 1.165) is 36.8 Å². The number of rotatable bonds is 8. The van der Waals surface area contributed by atoms with Gasteiger partial charge < -0.3 is 10.2 Å². The van der Waals surface area contributed by atoms with Gasteiger partial charge in [0.25, 0.3) is 0 Å². The van der Waals surface area contributed by atoms with Crippen molar-refractivity contribution in [2.45, 2.75) is 58.9 Å². The lowest BCUT2D eigenvalue weighted by Gasteiger charge is -2.35. The van der Waals surface area contributed by atoms with Crippen LogP contribution in [0.2, 0.25) is 0 Å². The van der Waals surface area contributed by atoms with Gasteiger partial charge in [-0.3, -0.25) is 0 Å². The topological polar surface area (TPSA) is 15.3 Å². The summed E-state index contributed by atoms with van der Waals surface area (Å²) in [5.74, 6) is 3.88. The molecule has 0 spiro atoms. The second-order valence-electron chi connectivity index (χ2n) is 7.39. The van der Waals surface area contributed by atoms with Crippen LogP contribution in [0.1, 0.15) is 52.9 Å². The predicted octanol–water partition coefficient (Wildman–Crippen LogP) is 3.38. The molecule has 19 heavy (non-hydrogen) atoms. The van der Waals surface area contributed by atoms with E-state index in [4.69, 9.17) is 0 Å². The fourth-order valence-corrected chi connectivity index (χ4v) is 4.43. The van der Waals surface area contributed by atoms with Crippen molar-refractivity contribution in [1.82, 2.24) is 10.2 Å². The molecule has 0 radical (unpaired) electrons. The van der Waals surface area contributed by atoms with Gasteiger partial charge >= 0.3 is 0 Å². The van der Waals surface area contributed by atoms with Gasteiger partial charge in [0.2, 0.25) is 0 Å². The van der Waals surface area contributed by atoms with E-state index in [9.17, 15) is 0 Å². The van der Waals surface area contributed by atoms with Crippen molar-refractivity contribution in [1.29, 1.82) is 0 Å². The molecule has 0 aromatic heterocycles. The molecule has 2 saturated carbocycles. The van der Waals surface area contributed by atoms with E-state index < -0.39 is 0 Å². The first-order chi connectivity index (χ1) is 9.11. The summed E-state index contributed by atoms with van der Waals surface area (Å²) in [6, 6.07) is 0.700. The van der Waals surface area contributed by atoms with Gasteiger partial charge in [-0.2, -0.15) is 0 Å². The Morgan fingerprint density at radius 1 is 1.21 bits per heavy atom. The molecule has 0 heterocycles. The molecule has 0 aliphatic heterocycles. The molecular weight excluding hydrogens is 232 g/mol. The lowest BCUT2D eigenvalue weighted by atomic mass is 9.88. The maximum Gasteiger partial charge on any atom is 0.0240 e. The molecule has 2 nitrogen and oxygen atoms in total. The first kappa shape index (κ1) is 15.3. The number of likely N-dealkylation sites (N-methyl/N-ethyl adjacent to an activating group) is 1. The number of fused-ring (bicyclic) bond motifs is 2. The average Bonchev–Trinajstić information content (AvgIpc) is 2.96. The average molecular weight is 266 g/mol. The van der Waals surface area contributed by atoms with Crippen molar-refractivity contribution in [3.8, 4) is 0 Å². The van der Waals surface area contributed by atoms with Crippen LogP contribution in [0, 0.1) is 23.7 Å². The minimum absolute atomic E-state index is 0.700. The molecule has 0 amide bonds. The number of hydrogen-bond acceptors (Lipinski definition) is 2. The van der Waals surface area contributed by atoms with Crippen molar-refractivity contribution in [2.24, 2.45) is 23.7 Å². The molecule has 0 aromatic rings. The zero-order valence-electron chi connectivity index (χ0n) is 13.5. The van der Waals surface area contributed by atoms with Crippen molar-refractivity contribution in [3.05, 3.63) is 0 Å². The van der Waals surface area contributed by atoms with Crippen LogP contribution in [0.15, 0.2) is 0 Å². The third-order valence-electron chi connectivity index (χ3n) is 5.52. The van der Waals surface area contributed by atoms with Gasteiger partial charge in [0.05, 0.1) is 0 Å². The van der Waals surface area contributed by atoms with Crippen LogP contribution in [0.5, 0.6) is 0 Å². The van der Waals surface area contributed by atoms with Gasteiger partial charge in [0.15, 0.2) is 0 Å². The zero-order valence-corrected chi connectivity index (χ0v) is 13.5. The van der Waals surface area contributed by atoms with Gasteiger partial charge in [-0.1, -0.05) is 27.2 Å². The third-order valence-corrected chi connectivity index (χ3v) is 5.52. The van der Waals surface area contributed by atoms with Gasteiger partial charge in [0.1, 0.15) is 0 Å². The van der Waals surface area contributed by atoms with Crippen LogP contribution in [0.4, 0.5) is 0 Å². The lowest BCUT2D eigenvalue weighted by Crippen LogP contribution is -2.46. The van der Waals surface area contributed by atoms with E-state index >= 15 is 0 Å². The van der Waals surface area contributed by atoms with E-state index in [-0.39, 0.29) is 0 Å². The normalized spacial score (nSPS) is 31.6. The predicted molar refractivity (Wildman–Crippen MR) is 83.4 cm³/mol. The first-order valence-electron chi connectivity index (χ1n) is 8.52. The quantitative estimate of drug-likeness (QED) is 0.678. The molecular formula is C17H34N2. The highest BCUT2D eigenvalue weighted by Crippen LogP contribution is 2.48. The van der Waals surface area contributed by atoms with E-state index in [1.165, 1.54) is 32.2 Å². The van der Waals surface area contributed by atoms with E-state index in [1.54, 1.807) is 6.42 Å². The van der Waals surface area contributed by atoms with Crippen molar-refractivity contribution < 1.29 is 0 Å². The van der Waals surface area contributed by atoms with E-state index in [1.807, 2.05) is 0 Å². The molecule has 4 atom stereocenters. The SMILES string of the molecule is CCCNCC(C(C)C)N(C)CC1CC2CCC1C2. The van der Waals surface area contributed by atoms with Crippen molar-refractivity contribution >= 4 is 0 Å². The summed E-state index contributed by atoms with van der Waals surface area (Å²) in [5.41, 5.74) is 0. The molecule has 1 N–H and O–H groups in total. The Hall–Kier alpha value is -0.0800. The Kier molecular flexibility index (Phi) is 5.70. The zero-order chi connectivity index (χ0) is 13.8. The molecule has 0 aromatic carbocycles. The summed E-state index contributed by atoms with van der Waals surface area (Å²) >= 11 is 0. The molecule has 2 aliphatic rings. The van der Waals surface area contributed by atoms with Crippen molar-refractivity contribution in [2.75, 3.05) is 26.7 Å². The largest absolute Gasteiger partial charge is 0.315 e. The Bertz CT molecular complexity index is 264. The first-order valence-corrected chi connectivity index (χ1v) is 8.52. The minimum Gasteiger partial charge on any atom is -0.315 e. The fourth-order valence-electron chi connectivity index (χ4n) is 4.43. The Morgan fingerprint density at radius 3 is 2.53 bits per heavy atom. The smallest absolute Gasteiger partial charge is 0.0240 e. The minimum atomic E-state index is 0.700. The molecule has 2 bridgehead atoms. The Morgan fingerprint density at radius 2 is 2.00 bits per heavy atom. The summed E-state index contributed by atoms with van der Waals surface area (Å²) < 4.78 is 0. The third kappa shape index (κ3) is 3.95. The lowest BCUT2D eigenvalue weighted by molar-refractivity contribution is 0.140. The second-order valence-corrected chi connectivity index (χ2v) is 7.39. The highest BCUT2D eigenvalue weighted by atomic mass is 15.2. The number of hydrogen-bond donors (Lipinski definition) is 1. The molecule has 2 fully saturated rings. The number of nitrogens with one attached hydrogen (secondary N) is 1. The monoisotopic (exact) mass is 266 g/mol. The van der Waals surface area contributed by atoms with Gasteiger partial charge in [-0.25, -0.2) is 0 Å². The molecule has 2 heteroatoms. The van der Waals surface area contributed by atoms with Crippen LogP contribution < -0.4 is 5.32 Å². The van der Waals surface area contributed by atoms with Crippen LogP contribution in [-0.4, -0.2) is 37.6 Å². The molecule has 0 saturated heterocycles.